The highest BCUT2D eigenvalue weighted by atomic mass is 32.1. The second-order valence-corrected chi connectivity index (χ2v) is 6.99. The summed E-state index contributed by atoms with van der Waals surface area (Å²) in [5.41, 5.74) is 1.30. The highest BCUT2D eigenvalue weighted by molar-refractivity contribution is 7.20. The Hall–Kier alpha value is -3.40. The molecule has 1 amide bonds. The van der Waals surface area contributed by atoms with E-state index in [4.69, 9.17) is 0 Å². The van der Waals surface area contributed by atoms with Crippen LogP contribution in [0.2, 0.25) is 0 Å². The summed E-state index contributed by atoms with van der Waals surface area (Å²) in [6.45, 7) is -0.128. The summed E-state index contributed by atoms with van der Waals surface area (Å²) in [4.78, 5) is 16.8. The minimum Gasteiger partial charge on any atom is -0.405 e. The molecule has 0 radical (unpaired) electrons. The van der Waals surface area contributed by atoms with E-state index in [1.165, 1.54) is 46.6 Å². The highest BCUT2D eigenvalue weighted by Gasteiger charge is 2.32. The Morgan fingerprint density at radius 2 is 1.90 bits per heavy atom. The molecule has 10 heteroatoms. The number of carbonyl (C=O) groups is 1. The van der Waals surface area contributed by atoms with Crippen LogP contribution in [-0.2, 0) is 6.54 Å². The van der Waals surface area contributed by atoms with Crippen LogP contribution in [0.15, 0.2) is 60.9 Å². The zero-order valence-electron chi connectivity index (χ0n) is 14.7. The molecule has 0 atom stereocenters. The molecular weight excluding hydrogens is 405 g/mol. The van der Waals surface area contributed by atoms with Gasteiger partial charge in [0.1, 0.15) is 5.75 Å². The number of thiazole rings is 1. The van der Waals surface area contributed by atoms with Crippen LogP contribution >= 0.6 is 11.3 Å². The first kappa shape index (κ1) is 18.9. The van der Waals surface area contributed by atoms with Crippen molar-refractivity contribution >= 4 is 27.5 Å². The molecule has 0 saturated heterocycles. The number of rotatable bonds is 5. The standard InChI is InChI=1S/C19H13F3N4O2S/c20-19(21,22)28-15-7-3-1-5-12(15)9-23-17(27)13-10-24-26(11-13)18-25-14-6-2-4-8-16(14)29-18/h1-8,10-11H,9H2,(H,23,27). The van der Waals surface area contributed by atoms with E-state index < -0.39 is 12.3 Å². The fraction of sp³-hybridized carbons (Fsp3) is 0.105. The number of nitrogens with one attached hydrogen (secondary N) is 1. The second kappa shape index (κ2) is 7.55. The lowest BCUT2D eigenvalue weighted by atomic mass is 10.2. The van der Waals surface area contributed by atoms with Gasteiger partial charge >= 0.3 is 6.36 Å². The summed E-state index contributed by atoms with van der Waals surface area (Å²) >= 11 is 1.43. The molecule has 0 bridgehead atoms. The van der Waals surface area contributed by atoms with Gasteiger partial charge in [0.05, 0.1) is 22.0 Å². The van der Waals surface area contributed by atoms with Gasteiger partial charge in [-0.05, 0) is 18.2 Å². The summed E-state index contributed by atoms with van der Waals surface area (Å²) in [7, 11) is 0. The van der Waals surface area contributed by atoms with Gasteiger partial charge in [-0.15, -0.1) is 13.2 Å². The van der Waals surface area contributed by atoms with E-state index in [-0.39, 0.29) is 23.4 Å². The number of halogens is 3. The number of ether oxygens (including phenoxy) is 1. The maximum Gasteiger partial charge on any atom is 0.573 e. The first-order valence-electron chi connectivity index (χ1n) is 8.41. The van der Waals surface area contributed by atoms with Crippen LogP contribution in [-0.4, -0.2) is 27.0 Å². The summed E-state index contributed by atoms with van der Waals surface area (Å²) in [5, 5.41) is 7.34. The molecule has 0 fully saturated rings. The molecule has 29 heavy (non-hydrogen) atoms. The van der Waals surface area contributed by atoms with Crippen molar-refractivity contribution in [2.24, 2.45) is 0 Å². The van der Waals surface area contributed by atoms with E-state index in [0.29, 0.717) is 5.13 Å². The van der Waals surface area contributed by atoms with Gasteiger partial charge in [-0.1, -0.05) is 41.7 Å². The molecule has 6 nitrogen and oxygen atoms in total. The molecule has 0 aliphatic carbocycles. The Kier molecular flexibility index (Phi) is 4.93. The van der Waals surface area contributed by atoms with Crippen molar-refractivity contribution in [2.45, 2.75) is 12.9 Å². The van der Waals surface area contributed by atoms with Crippen LogP contribution < -0.4 is 10.1 Å². The first-order valence-corrected chi connectivity index (χ1v) is 9.23. The maximum absolute atomic E-state index is 12.5. The number of fused-ring (bicyclic) bond motifs is 1. The lowest BCUT2D eigenvalue weighted by molar-refractivity contribution is -0.274. The van der Waals surface area contributed by atoms with Gasteiger partial charge in [0.25, 0.3) is 5.91 Å². The van der Waals surface area contributed by atoms with Gasteiger partial charge in [-0.25, -0.2) is 9.67 Å². The smallest absolute Gasteiger partial charge is 0.405 e. The minimum atomic E-state index is -4.81. The number of para-hydroxylation sites is 2. The Morgan fingerprint density at radius 3 is 2.69 bits per heavy atom. The fourth-order valence-corrected chi connectivity index (χ4v) is 3.55. The predicted octanol–water partition coefficient (Wildman–Crippen LogP) is 4.31. The van der Waals surface area contributed by atoms with E-state index in [9.17, 15) is 18.0 Å². The largest absolute Gasteiger partial charge is 0.573 e. The van der Waals surface area contributed by atoms with Gasteiger partial charge in [0.15, 0.2) is 0 Å². The van der Waals surface area contributed by atoms with E-state index in [1.54, 1.807) is 6.07 Å². The number of nitrogens with zero attached hydrogens (tertiary/aromatic N) is 3. The van der Waals surface area contributed by atoms with Crippen LogP contribution in [0.1, 0.15) is 15.9 Å². The van der Waals surface area contributed by atoms with Crippen LogP contribution in [0, 0.1) is 0 Å². The average Bonchev–Trinajstić information content (AvgIpc) is 3.32. The van der Waals surface area contributed by atoms with Crippen LogP contribution in [0.5, 0.6) is 5.75 Å². The van der Waals surface area contributed by atoms with Crippen molar-refractivity contribution in [2.75, 3.05) is 0 Å². The third kappa shape index (κ3) is 4.37. The Morgan fingerprint density at radius 1 is 1.14 bits per heavy atom. The summed E-state index contributed by atoms with van der Waals surface area (Å²) in [6.07, 6.45) is -1.91. The molecule has 2 aromatic heterocycles. The number of alkyl halides is 3. The maximum atomic E-state index is 12.5. The third-order valence-electron chi connectivity index (χ3n) is 3.96. The number of hydrogen-bond donors (Lipinski definition) is 1. The highest BCUT2D eigenvalue weighted by Crippen LogP contribution is 2.26. The summed E-state index contributed by atoms with van der Waals surface area (Å²) in [6, 6.07) is 13.2. The first-order chi connectivity index (χ1) is 13.9. The SMILES string of the molecule is O=C(NCc1ccccc1OC(F)(F)F)c1cnn(-c2nc3ccccc3s2)c1. The molecule has 2 aromatic carbocycles. The molecule has 0 saturated carbocycles. The van der Waals surface area contributed by atoms with Gasteiger partial charge in [-0.3, -0.25) is 4.79 Å². The monoisotopic (exact) mass is 418 g/mol. The summed E-state index contributed by atoms with van der Waals surface area (Å²) < 4.78 is 44.0. The number of aromatic nitrogens is 3. The quantitative estimate of drug-likeness (QED) is 0.524. The molecule has 0 spiro atoms. The molecule has 0 aliphatic heterocycles. The van der Waals surface area contributed by atoms with E-state index in [0.717, 1.165) is 10.2 Å². The van der Waals surface area contributed by atoms with Gasteiger partial charge in [-0.2, -0.15) is 5.10 Å². The zero-order chi connectivity index (χ0) is 20.4. The molecule has 2 heterocycles. The molecule has 148 valence electrons. The van der Waals surface area contributed by atoms with Crippen LogP contribution in [0.3, 0.4) is 0 Å². The topological polar surface area (TPSA) is 69.0 Å². The normalized spacial score (nSPS) is 11.6. The lowest BCUT2D eigenvalue weighted by Gasteiger charge is -2.13. The summed E-state index contributed by atoms with van der Waals surface area (Å²) in [5.74, 6) is -0.829. The number of benzene rings is 2. The predicted molar refractivity (Wildman–Crippen MR) is 101 cm³/mol. The minimum absolute atomic E-state index is 0.128. The molecule has 4 aromatic rings. The average molecular weight is 418 g/mol. The van der Waals surface area contributed by atoms with Gasteiger partial charge < -0.3 is 10.1 Å². The molecule has 4 rings (SSSR count). The van der Waals surface area contributed by atoms with Crippen molar-refractivity contribution in [3.8, 4) is 10.9 Å². The van der Waals surface area contributed by atoms with Crippen molar-refractivity contribution in [1.29, 1.82) is 0 Å². The molecule has 0 unspecified atom stereocenters. The van der Waals surface area contributed by atoms with Gasteiger partial charge in [0, 0.05) is 18.3 Å². The van der Waals surface area contributed by atoms with Crippen LogP contribution in [0.4, 0.5) is 13.2 Å². The zero-order valence-corrected chi connectivity index (χ0v) is 15.5. The third-order valence-corrected chi connectivity index (χ3v) is 4.99. The molecule has 1 N–H and O–H groups in total. The number of amides is 1. The van der Waals surface area contributed by atoms with Crippen molar-refractivity contribution < 1.29 is 22.7 Å². The van der Waals surface area contributed by atoms with Gasteiger partial charge in [0.2, 0.25) is 5.13 Å². The number of carbonyl (C=O) groups excluding carboxylic acids is 1. The Balaban J connectivity index is 1.46. The second-order valence-electron chi connectivity index (χ2n) is 5.98. The lowest BCUT2D eigenvalue weighted by Crippen LogP contribution is -2.24. The van der Waals surface area contributed by atoms with E-state index >= 15 is 0 Å². The van der Waals surface area contributed by atoms with Crippen molar-refractivity contribution in [1.82, 2.24) is 20.1 Å². The van der Waals surface area contributed by atoms with Crippen molar-refractivity contribution in [3.63, 3.8) is 0 Å². The number of hydrogen-bond acceptors (Lipinski definition) is 5. The van der Waals surface area contributed by atoms with E-state index in [2.05, 4.69) is 20.1 Å². The van der Waals surface area contributed by atoms with Crippen molar-refractivity contribution in [3.05, 3.63) is 72.1 Å². The molecular formula is C19H13F3N4O2S. The Labute approximate surface area is 166 Å². The molecule has 0 aliphatic rings. The van der Waals surface area contributed by atoms with E-state index in [1.807, 2.05) is 24.3 Å². The fourth-order valence-electron chi connectivity index (χ4n) is 2.65. The van der Waals surface area contributed by atoms with Crippen LogP contribution in [0.25, 0.3) is 15.3 Å². The Bertz CT molecular complexity index is 1140.